The zero-order valence-electron chi connectivity index (χ0n) is 8.51. The topological polar surface area (TPSA) is 101 Å². The van der Waals surface area contributed by atoms with Gasteiger partial charge in [0, 0.05) is 5.69 Å². The summed E-state index contributed by atoms with van der Waals surface area (Å²) in [5, 5.41) is -0.111. The molecule has 1 aromatic carbocycles. The first kappa shape index (κ1) is 11.4. The number of hydrogen-bond acceptors (Lipinski definition) is 4. The van der Waals surface area contributed by atoms with Crippen LogP contribution in [0.1, 0.15) is 0 Å². The van der Waals surface area contributed by atoms with E-state index in [1.807, 2.05) is 0 Å². The van der Waals surface area contributed by atoms with E-state index in [1.54, 1.807) is 0 Å². The van der Waals surface area contributed by atoms with Crippen LogP contribution in [0, 0.1) is 5.82 Å². The van der Waals surface area contributed by atoms with Crippen molar-refractivity contribution in [2.24, 2.45) is 0 Å². The van der Waals surface area contributed by atoms with Crippen LogP contribution >= 0.6 is 0 Å². The summed E-state index contributed by atoms with van der Waals surface area (Å²) in [4.78, 5) is 6.03. The van der Waals surface area contributed by atoms with E-state index in [1.165, 1.54) is 12.4 Å². The second-order valence-corrected chi connectivity index (χ2v) is 4.95. The fourth-order valence-electron chi connectivity index (χ4n) is 1.27. The fraction of sp³-hybridized carbons (Fsp3) is 0. The van der Waals surface area contributed by atoms with Crippen LogP contribution in [0.4, 0.5) is 15.8 Å². The van der Waals surface area contributed by atoms with Crippen molar-refractivity contribution in [1.29, 1.82) is 0 Å². The number of rotatable bonds is 3. The van der Waals surface area contributed by atoms with Crippen molar-refractivity contribution < 1.29 is 12.8 Å². The molecule has 4 N–H and O–H groups in total. The van der Waals surface area contributed by atoms with E-state index in [0.717, 1.165) is 18.3 Å². The van der Waals surface area contributed by atoms with Gasteiger partial charge in [-0.15, -0.1) is 0 Å². The van der Waals surface area contributed by atoms with E-state index in [0.29, 0.717) is 0 Å². The molecule has 0 amide bonds. The standard InChI is InChI=1S/C9H9FN4O2S/c10-6-1-7(11)3-8(2-6)14-17(15,16)9-4-12-5-13-9/h1-5,14H,11H2,(H,12,13). The minimum atomic E-state index is -3.79. The van der Waals surface area contributed by atoms with Crippen LogP contribution in [-0.4, -0.2) is 18.4 Å². The number of aromatic nitrogens is 2. The van der Waals surface area contributed by atoms with E-state index in [-0.39, 0.29) is 16.4 Å². The Labute approximate surface area is 96.7 Å². The smallest absolute Gasteiger partial charge is 0.278 e. The molecule has 0 aliphatic rings. The van der Waals surface area contributed by atoms with Gasteiger partial charge in [0.05, 0.1) is 18.2 Å². The largest absolute Gasteiger partial charge is 0.399 e. The maximum absolute atomic E-state index is 13.0. The first-order valence-electron chi connectivity index (χ1n) is 4.55. The third kappa shape index (κ3) is 2.53. The zero-order valence-corrected chi connectivity index (χ0v) is 9.33. The minimum Gasteiger partial charge on any atom is -0.399 e. The normalized spacial score (nSPS) is 11.4. The lowest BCUT2D eigenvalue weighted by atomic mass is 10.3. The molecular formula is C9H9FN4O2S. The molecule has 0 saturated carbocycles. The number of H-pyrrole nitrogens is 1. The van der Waals surface area contributed by atoms with Crippen molar-refractivity contribution in [3.05, 3.63) is 36.5 Å². The summed E-state index contributed by atoms with van der Waals surface area (Å²) in [6.07, 6.45) is 2.37. The third-order valence-electron chi connectivity index (χ3n) is 1.93. The summed E-state index contributed by atoms with van der Waals surface area (Å²) in [5.41, 5.74) is 5.59. The first-order chi connectivity index (χ1) is 7.97. The summed E-state index contributed by atoms with van der Waals surface area (Å²) in [6.45, 7) is 0. The molecule has 1 heterocycles. The van der Waals surface area contributed by atoms with Crippen molar-refractivity contribution in [3.63, 3.8) is 0 Å². The lowest BCUT2D eigenvalue weighted by Gasteiger charge is -2.06. The Morgan fingerprint density at radius 1 is 1.35 bits per heavy atom. The average Bonchev–Trinajstić information content (AvgIpc) is 2.67. The number of sulfonamides is 1. The Balaban J connectivity index is 2.33. The molecule has 0 atom stereocenters. The molecule has 90 valence electrons. The number of nitrogens with two attached hydrogens (primary N) is 1. The molecule has 1 aromatic heterocycles. The second kappa shape index (κ2) is 4.06. The SMILES string of the molecule is Nc1cc(F)cc(NS(=O)(=O)c2cnc[nH]2)c1. The van der Waals surface area contributed by atoms with Gasteiger partial charge in [0.1, 0.15) is 5.82 Å². The summed E-state index contributed by atoms with van der Waals surface area (Å²) >= 11 is 0. The summed E-state index contributed by atoms with van der Waals surface area (Å²) < 4.78 is 38.7. The van der Waals surface area contributed by atoms with Crippen molar-refractivity contribution in [2.75, 3.05) is 10.5 Å². The van der Waals surface area contributed by atoms with Gasteiger partial charge in [0.15, 0.2) is 5.03 Å². The van der Waals surface area contributed by atoms with Gasteiger partial charge >= 0.3 is 0 Å². The molecule has 8 heteroatoms. The Hall–Kier alpha value is -2.09. The number of anilines is 2. The monoisotopic (exact) mass is 256 g/mol. The molecule has 0 aliphatic heterocycles. The van der Waals surface area contributed by atoms with Gasteiger partial charge in [-0.3, -0.25) is 4.72 Å². The lowest BCUT2D eigenvalue weighted by molar-refractivity contribution is 0.598. The highest BCUT2D eigenvalue weighted by atomic mass is 32.2. The van der Waals surface area contributed by atoms with Gasteiger partial charge in [-0.1, -0.05) is 0 Å². The maximum atomic E-state index is 13.0. The third-order valence-corrected chi connectivity index (χ3v) is 3.24. The molecular weight excluding hydrogens is 247 g/mol. The Morgan fingerprint density at radius 3 is 2.71 bits per heavy atom. The predicted molar refractivity (Wildman–Crippen MR) is 60.2 cm³/mol. The molecule has 2 aromatic rings. The van der Waals surface area contributed by atoms with Crippen LogP contribution in [0.2, 0.25) is 0 Å². The number of nitrogens with zero attached hydrogens (tertiary/aromatic N) is 1. The molecule has 17 heavy (non-hydrogen) atoms. The van der Waals surface area contributed by atoms with Gasteiger partial charge in [0.25, 0.3) is 10.0 Å². The van der Waals surface area contributed by atoms with Gasteiger partial charge in [-0.2, -0.15) is 8.42 Å². The maximum Gasteiger partial charge on any atom is 0.278 e. The van der Waals surface area contributed by atoms with Crippen molar-refractivity contribution in [2.45, 2.75) is 5.03 Å². The van der Waals surface area contributed by atoms with Crippen LogP contribution in [-0.2, 0) is 10.0 Å². The number of nitrogen functional groups attached to an aromatic ring is 1. The summed E-state index contributed by atoms with van der Waals surface area (Å²) in [7, 11) is -3.79. The van der Waals surface area contributed by atoms with E-state index in [9.17, 15) is 12.8 Å². The van der Waals surface area contributed by atoms with Crippen LogP contribution < -0.4 is 10.5 Å². The van der Waals surface area contributed by atoms with Gasteiger partial charge < -0.3 is 10.7 Å². The van der Waals surface area contributed by atoms with Gasteiger partial charge in [-0.25, -0.2) is 9.37 Å². The van der Waals surface area contributed by atoms with E-state index in [4.69, 9.17) is 5.73 Å². The quantitative estimate of drug-likeness (QED) is 0.711. The van der Waals surface area contributed by atoms with Crippen LogP contribution in [0.5, 0.6) is 0 Å². The van der Waals surface area contributed by atoms with E-state index < -0.39 is 15.8 Å². The molecule has 0 saturated heterocycles. The Morgan fingerprint density at radius 2 is 2.12 bits per heavy atom. The zero-order chi connectivity index (χ0) is 12.5. The molecule has 0 spiro atoms. The highest BCUT2D eigenvalue weighted by Gasteiger charge is 2.15. The van der Waals surface area contributed by atoms with Crippen LogP contribution in [0.15, 0.2) is 35.7 Å². The Bertz CT molecular complexity index is 604. The van der Waals surface area contributed by atoms with E-state index >= 15 is 0 Å². The molecule has 0 aliphatic carbocycles. The molecule has 6 nitrogen and oxygen atoms in total. The number of aromatic amines is 1. The number of halogens is 1. The average molecular weight is 256 g/mol. The number of benzene rings is 1. The Kier molecular flexibility index (Phi) is 2.72. The summed E-state index contributed by atoms with van der Waals surface area (Å²) in [5.74, 6) is -0.618. The second-order valence-electron chi connectivity index (χ2n) is 3.29. The summed E-state index contributed by atoms with van der Waals surface area (Å²) in [6, 6.07) is 3.44. The molecule has 0 unspecified atom stereocenters. The van der Waals surface area contributed by atoms with Crippen molar-refractivity contribution in [1.82, 2.24) is 9.97 Å². The number of nitrogens with one attached hydrogen (secondary N) is 2. The lowest BCUT2D eigenvalue weighted by Crippen LogP contribution is -2.13. The van der Waals surface area contributed by atoms with Crippen LogP contribution in [0.3, 0.4) is 0 Å². The van der Waals surface area contributed by atoms with Crippen LogP contribution in [0.25, 0.3) is 0 Å². The molecule has 0 fully saturated rings. The first-order valence-corrected chi connectivity index (χ1v) is 6.03. The minimum absolute atomic E-state index is 0.0529. The van der Waals surface area contributed by atoms with Gasteiger partial charge in [-0.05, 0) is 18.2 Å². The van der Waals surface area contributed by atoms with Crippen molar-refractivity contribution >= 4 is 21.4 Å². The van der Waals surface area contributed by atoms with Crippen molar-refractivity contribution in [3.8, 4) is 0 Å². The molecule has 2 rings (SSSR count). The highest BCUT2D eigenvalue weighted by Crippen LogP contribution is 2.18. The molecule has 0 bridgehead atoms. The fourth-order valence-corrected chi connectivity index (χ4v) is 2.22. The highest BCUT2D eigenvalue weighted by molar-refractivity contribution is 7.92. The predicted octanol–water partition coefficient (Wildman–Crippen LogP) is 0.932. The van der Waals surface area contributed by atoms with E-state index in [2.05, 4.69) is 14.7 Å². The van der Waals surface area contributed by atoms with Gasteiger partial charge in [0.2, 0.25) is 0 Å². The number of imidazole rings is 1. The number of hydrogen-bond donors (Lipinski definition) is 3. The molecule has 0 radical (unpaired) electrons.